The average molecular weight is 240 g/mol. The van der Waals surface area contributed by atoms with Gasteiger partial charge in [-0.1, -0.05) is 33.6 Å². The zero-order valence-electron chi connectivity index (χ0n) is 12.5. The van der Waals surface area contributed by atoms with E-state index >= 15 is 0 Å². The maximum Gasteiger partial charge on any atom is 0.0242 e. The van der Waals surface area contributed by atoms with Gasteiger partial charge in [0.15, 0.2) is 0 Å². The molecule has 0 aromatic heterocycles. The lowest BCUT2D eigenvalue weighted by atomic mass is 9.93. The van der Waals surface area contributed by atoms with Crippen molar-refractivity contribution in [3.05, 3.63) is 0 Å². The zero-order valence-corrected chi connectivity index (χ0v) is 12.5. The molecule has 0 aromatic rings. The predicted octanol–water partition coefficient (Wildman–Crippen LogP) is 3.13. The number of nitrogens with one attached hydrogen (secondary N) is 1. The predicted molar refractivity (Wildman–Crippen MR) is 76.4 cm³/mol. The van der Waals surface area contributed by atoms with Gasteiger partial charge >= 0.3 is 0 Å². The van der Waals surface area contributed by atoms with Crippen molar-refractivity contribution in [1.29, 1.82) is 0 Å². The Balaban J connectivity index is 2.38. The maximum absolute atomic E-state index is 3.80. The molecule has 3 atom stereocenters. The van der Waals surface area contributed by atoms with Crippen molar-refractivity contribution in [3.63, 3.8) is 0 Å². The first-order chi connectivity index (χ1) is 8.08. The highest BCUT2D eigenvalue weighted by Gasteiger charge is 2.24. The number of hydrogen-bond acceptors (Lipinski definition) is 2. The van der Waals surface area contributed by atoms with Gasteiger partial charge in [-0.2, -0.15) is 0 Å². The van der Waals surface area contributed by atoms with E-state index in [-0.39, 0.29) is 0 Å². The van der Waals surface area contributed by atoms with Crippen LogP contribution in [0, 0.1) is 11.8 Å². The quantitative estimate of drug-likeness (QED) is 0.735. The lowest BCUT2D eigenvalue weighted by molar-refractivity contribution is 0.189. The first-order valence-corrected chi connectivity index (χ1v) is 7.48. The molecule has 1 rings (SSSR count). The molecule has 0 heterocycles. The van der Waals surface area contributed by atoms with Crippen LogP contribution in [0.15, 0.2) is 0 Å². The summed E-state index contributed by atoms with van der Waals surface area (Å²) < 4.78 is 0. The first-order valence-electron chi connectivity index (χ1n) is 7.48. The number of hydrogen-bond donors (Lipinski definition) is 1. The van der Waals surface area contributed by atoms with E-state index in [9.17, 15) is 0 Å². The van der Waals surface area contributed by atoms with E-state index in [0.29, 0.717) is 6.04 Å². The van der Waals surface area contributed by atoms with Crippen molar-refractivity contribution in [3.8, 4) is 0 Å². The van der Waals surface area contributed by atoms with Crippen LogP contribution in [0.3, 0.4) is 0 Å². The van der Waals surface area contributed by atoms with Gasteiger partial charge in [0.05, 0.1) is 0 Å². The summed E-state index contributed by atoms with van der Waals surface area (Å²) >= 11 is 0. The van der Waals surface area contributed by atoms with E-state index in [1.165, 1.54) is 32.1 Å². The third-order valence-corrected chi connectivity index (χ3v) is 4.57. The van der Waals surface area contributed by atoms with Gasteiger partial charge in [0.25, 0.3) is 0 Å². The van der Waals surface area contributed by atoms with E-state index in [0.717, 1.165) is 24.4 Å². The van der Waals surface area contributed by atoms with E-state index in [2.05, 4.69) is 45.1 Å². The molecule has 2 nitrogen and oxygen atoms in total. The van der Waals surface area contributed by atoms with Crippen molar-refractivity contribution >= 4 is 0 Å². The van der Waals surface area contributed by atoms with Gasteiger partial charge in [0, 0.05) is 18.6 Å². The van der Waals surface area contributed by atoms with Crippen LogP contribution in [-0.4, -0.2) is 37.6 Å². The fraction of sp³-hybridized carbons (Fsp3) is 1.00. The molecule has 1 fully saturated rings. The Morgan fingerprint density at radius 3 is 2.24 bits per heavy atom. The Kier molecular flexibility index (Phi) is 6.50. The van der Waals surface area contributed by atoms with Crippen molar-refractivity contribution in [2.45, 2.75) is 65.0 Å². The summed E-state index contributed by atoms with van der Waals surface area (Å²) in [7, 11) is 4.45. The molecule has 0 aliphatic heterocycles. The molecule has 0 saturated heterocycles. The lowest BCUT2D eigenvalue weighted by Crippen LogP contribution is -2.45. The second-order valence-electron chi connectivity index (χ2n) is 6.13. The molecule has 1 saturated carbocycles. The molecule has 0 amide bonds. The SMILES string of the molecule is CCC(CC)C(CNC1CCC(C)C1)N(C)C. The van der Waals surface area contributed by atoms with E-state index < -0.39 is 0 Å². The molecule has 3 unspecified atom stereocenters. The minimum Gasteiger partial charge on any atom is -0.312 e. The molecule has 0 aromatic carbocycles. The molecule has 1 N–H and O–H groups in total. The molecular weight excluding hydrogens is 208 g/mol. The van der Waals surface area contributed by atoms with Crippen LogP contribution < -0.4 is 5.32 Å². The van der Waals surface area contributed by atoms with E-state index in [4.69, 9.17) is 0 Å². The minimum atomic E-state index is 0.695. The number of rotatable bonds is 7. The lowest BCUT2D eigenvalue weighted by Gasteiger charge is -2.32. The number of nitrogens with zero attached hydrogens (tertiary/aromatic N) is 1. The van der Waals surface area contributed by atoms with Gasteiger partial charge in [0.2, 0.25) is 0 Å². The molecule has 17 heavy (non-hydrogen) atoms. The third kappa shape index (κ3) is 4.59. The van der Waals surface area contributed by atoms with Gasteiger partial charge in [-0.15, -0.1) is 0 Å². The van der Waals surface area contributed by atoms with Crippen molar-refractivity contribution in [1.82, 2.24) is 10.2 Å². The van der Waals surface area contributed by atoms with E-state index in [1.807, 2.05) is 0 Å². The summed E-state index contributed by atoms with van der Waals surface area (Å²) in [5, 5.41) is 3.80. The topological polar surface area (TPSA) is 15.3 Å². The smallest absolute Gasteiger partial charge is 0.0242 e. The standard InChI is InChI=1S/C15H32N2/c1-6-13(7-2)15(17(4)5)11-16-14-9-8-12(3)10-14/h12-16H,6-11H2,1-5H3. The molecule has 1 aliphatic carbocycles. The summed E-state index contributed by atoms with van der Waals surface area (Å²) in [5.41, 5.74) is 0. The van der Waals surface area contributed by atoms with Crippen LogP contribution >= 0.6 is 0 Å². The molecule has 1 aliphatic rings. The maximum atomic E-state index is 3.80. The monoisotopic (exact) mass is 240 g/mol. The highest BCUT2D eigenvalue weighted by molar-refractivity contribution is 4.83. The van der Waals surface area contributed by atoms with Gasteiger partial charge in [-0.3, -0.25) is 0 Å². The van der Waals surface area contributed by atoms with Gasteiger partial charge in [0.1, 0.15) is 0 Å². The second kappa shape index (κ2) is 7.38. The highest BCUT2D eigenvalue weighted by atomic mass is 15.1. The Labute approximate surface area is 108 Å². The first kappa shape index (κ1) is 15.0. The van der Waals surface area contributed by atoms with E-state index in [1.54, 1.807) is 0 Å². The van der Waals surface area contributed by atoms with Gasteiger partial charge in [-0.05, 0) is 45.2 Å². The molecule has 2 heteroatoms. The average Bonchev–Trinajstić information content (AvgIpc) is 2.70. The number of likely N-dealkylation sites (N-methyl/N-ethyl adjacent to an activating group) is 1. The van der Waals surface area contributed by atoms with Gasteiger partial charge < -0.3 is 10.2 Å². The molecule has 0 spiro atoms. The Hall–Kier alpha value is -0.0800. The summed E-state index contributed by atoms with van der Waals surface area (Å²) in [5.74, 6) is 1.76. The second-order valence-corrected chi connectivity index (χ2v) is 6.13. The molecule has 102 valence electrons. The van der Waals surface area contributed by atoms with Crippen molar-refractivity contribution < 1.29 is 0 Å². The van der Waals surface area contributed by atoms with Crippen LogP contribution in [0.5, 0.6) is 0 Å². The summed E-state index contributed by atoms with van der Waals surface area (Å²) in [6.45, 7) is 8.19. The summed E-state index contributed by atoms with van der Waals surface area (Å²) in [6.07, 6.45) is 6.76. The molecular formula is C15H32N2. The summed E-state index contributed by atoms with van der Waals surface area (Å²) in [4.78, 5) is 2.41. The molecule has 0 radical (unpaired) electrons. The fourth-order valence-corrected chi connectivity index (χ4v) is 3.28. The van der Waals surface area contributed by atoms with Crippen LogP contribution in [0.1, 0.15) is 52.9 Å². The highest BCUT2D eigenvalue weighted by Crippen LogP contribution is 2.25. The minimum absolute atomic E-state index is 0.695. The molecule has 0 bridgehead atoms. The van der Waals surface area contributed by atoms with Gasteiger partial charge in [-0.25, -0.2) is 0 Å². The summed E-state index contributed by atoms with van der Waals surface area (Å²) in [6, 6.07) is 1.47. The fourth-order valence-electron chi connectivity index (χ4n) is 3.28. The van der Waals surface area contributed by atoms with Crippen LogP contribution in [0.25, 0.3) is 0 Å². The largest absolute Gasteiger partial charge is 0.312 e. The Bertz CT molecular complexity index is 199. The van der Waals surface area contributed by atoms with Crippen LogP contribution in [0.4, 0.5) is 0 Å². The zero-order chi connectivity index (χ0) is 12.8. The normalized spacial score (nSPS) is 27.0. The van der Waals surface area contributed by atoms with Crippen LogP contribution in [0.2, 0.25) is 0 Å². The van der Waals surface area contributed by atoms with Crippen LogP contribution in [-0.2, 0) is 0 Å². The Morgan fingerprint density at radius 1 is 1.18 bits per heavy atom. The third-order valence-electron chi connectivity index (χ3n) is 4.57. The van der Waals surface area contributed by atoms with Crippen molar-refractivity contribution in [2.24, 2.45) is 11.8 Å². The Morgan fingerprint density at radius 2 is 1.82 bits per heavy atom. The van der Waals surface area contributed by atoms with Crippen molar-refractivity contribution in [2.75, 3.05) is 20.6 Å².